The number of carbonyl (C=O) groups is 1. The van der Waals surface area contributed by atoms with Crippen LogP contribution >= 0.6 is 0 Å². The SMILES string of the molecule is CC.CC.O=Cc1cnc2[nH]ccc2c1. The zero-order valence-corrected chi connectivity index (χ0v) is 9.74. The van der Waals surface area contributed by atoms with Gasteiger partial charge in [0.2, 0.25) is 0 Å². The number of carbonyl (C=O) groups excluding carboxylic acids is 1. The molecule has 2 heterocycles. The van der Waals surface area contributed by atoms with Crippen LogP contribution in [0.2, 0.25) is 0 Å². The Morgan fingerprint density at radius 3 is 2.53 bits per heavy atom. The monoisotopic (exact) mass is 206 g/mol. The number of aromatic nitrogens is 2. The molecule has 0 amide bonds. The quantitative estimate of drug-likeness (QED) is 0.726. The number of aromatic amines is 1. The van der Waals surface area contributed by atoms with Gasteiger partial charge >= 0.3 is 0 Å². The number of rotatable bonds is 1. The molecule has 0 bridgehead atoms. The molecule has 0 saturated heterocycles. The van der Waals surface area contributed by atoms with Gasteiger partial charge in [-0.05, 0) is 12.1 Å². The van der Waals surface area contributed by atoms with Crippen molar-refractivity contribution >= 4 is 17.3 Å². The predicted molar refractivity (Wildman–Crippen MR) is 64.2 cm³/mol. The van der Waals surface area contributed by atoms with Gasteiger partial charge in [0.1, 0.15) is 5.65 Å². The fourth-order valence-corrected chi connectivity index (χ4v) is 1.02. The van der Waals surface area contributed by atoms with Gasteiger partial charge in [-0.1, -0.05) is 27.7 Å². The molecule has 0 aliphatic heterocycles. The van der Waals surface area contributed by atoms with Crippen molar-refractivity contribution in [3.8, 4) is 0 Å². The van der Waals surface area contributed by atoms with Gasteiger partial charge in [-0.2, -0.15) is 0 Å². The van der Waals surface area contributed by atoms with Gasteiger partial charge in [0, 0.05) is 23.3 Å². The zero-order valence-electron chi connectivity index (χ0n) is 9.74. The third kappa shape index (κ3) is 3.54. The molecule has 2 rings (SSSR count). The van der Waals surface area contributed by atoms with Crippen LogP contribution in [0.25, 0.3) is 11.0 Å². The van der Waals surface area contributed by atoms with E-state index in [1.54, 1.807) is 18.5 Å². The number of H-pyrrole nitrogens is 1. The summed E-state index contributed by atoms with van der Waals surface area (Å²) in [5, 5.41) is 0.967. The lowest BCUT2D eigenvalue weighted by atomic mass is 10.2. The first-order chi connectivity index (χ1) is 7.40. The molecule has 0 spiro atoms. The van der Waals surface area contributed by atoms with E-state index in [-0.39, 0.29) is 0 Å². The van der Waals surface area contributed by atoms with Crippen molar-refractivity contribution in [1.29, 1.82) is 0 Å². The maximum Gasteiger partial charge on any atom is 0.151 e. The second-order valence-corrected chi connectivity index (χ2v) is 2.30. The Balaban J connectivity index is 0.000000442. The number of nitrogens with one attached hydrogen (secondary N) is 1. The van der Waals surface area contributed by atoms with Crippen molar-refractivity contribution in [1.82, 2.24) is 9.97 Å². The van der Waals surface area contributed by atoms with Crippen LogP contribution in [-0.4, -0.2) is 16.3 Å². The average molecular weight is 206 g/mol. The Morgan fingerprint density at radius 2 is 1.93 bits per heavy atom. The summed E-state index contributed by atoms with van der Waals surface area (Å²) in [7, 11) is 0. The van der Waals surface area contributed by atoms with Crippen molar-refractivity contribution < 1.29 is 4.79 Å². The van der Waals surface area contributed by atoms with E-state index in [9.17, 15) is 4.79 Å². The lowest BCUT2D eigenvalue weighted by Crippen LogP contribution is -1.81. The fraction of sp³-hybridized carbons (Fsp3) is 0.333. The molecule has 0 aromatic carbocycles. The normalized spacial score (nSPS) is 8.27. The molecule has 2 aromatic rings. The van der Waals surface area contributed by atoms with Crippen LogP contribution in [0.15, 0.2) is 24.5 Å². The van der Waals surface area contributed by atoms with Gasteiger partial charge in [0.05, 0.1) is 0 Å². The van der Waals surface area contributed by atoms with E-state index in [2.05, 4.69) is 9.97 Å². The van der Waals surface area contributed by atoms with Gasteiger partial charge in [0.15, 0.2) is 6.29 Å². The van der Waals surface area contributed by atoms with E-state index in [1.807, 2.05) is 33.8 Å². The van der Waals surface area contributed by atoms with E-state index in [1.165, 1.54) is 0 Å². The average Bonchev–Trinajstić information content (AvgIpc) is 2.81. The van der Waals surface area contributed by atoms with Crippen LogP contribution in [0.4, 0.5) is 0 Å². The first kappa shape index (κ1) is 13.4. The summed E-state index contributed by atoms with van der Waals surface area (Å²) in [4.78, 5) is 17.3. The van der Waals surface area contributed by atoms with E-state index >= 15 is 0 Å². The third-order valence-corrected chi connectivity index (χ3v) is 1.56. The summed E-state index contributed by atoms with van der Waals surface area (Å²) in [6.45, 7) is 8.00. The van der Waals surface area contributed by atoms with Crippen molar-refractivity contribution in [2.45, 2.75) is 27.7 Å². The lowest BCUT2D eigenvalue weighted by molar-refractivity contribution is 0.112. The highest BCUT2D eigenvalue weighted by atomic mass is 16.1. The molecule has 1 N–H and O–H groups in total. The van der Waals surface area contributed by atoms with Gasteiger partial charge in [-0.3, -0.25) is 4.79 Å². The van der Waals surface area contributed by atoms with E-state index in [0.717, 1.165) is 17.3 Å². The largest absolute Gasteiger partial charge is 0.346 e. The Kier molecular flexibility index (Phi) is 6.89. The van der Waals surface area contributed by atoms with E-state index < -0.39 is 0 Å². The molecule has 3 nitrogen and oxygen atoms in total. The van der Waals surface area contributed by atoms with Crippen LogP contribution in [0, 0.1) is 0 Å². The Hall–Kier alpha value is -1.64. The van der Waals surface area contributed by atoms with E-state index in [4.69, 9.17) is 0 Å². The minimum Gasteiger partial charge on any atom is -0.346 e. The molecule has 0 radical (unpaired) electrons. The Morgan fingerprint density at radius 1 is 1.27 bits per heavy atom. The summed E-state index contributed by atoms with van der Waals surface area (Å²) >= 11 is 0. The minimum atomic E-state index is 0.608. The second-order valence-electron chi connectivity index (χ2n) is 2.30. The summed E-state index contributed by atoms with van der Waals surface area (Å²) in [5.41, 5.74) is 1.42. The highest BCUT2D eigenvalue weighted by molar-refractivity contribution is 5.83. The maximum absolute atomic E-state index is 10.3. The molecule has 0 saturated carbocycles. The first-order valence-electron chi connectivity index (χ1n) is 5.28. The first-order valence-corrected chi connectivity index (χ1v) is 5.28. The van der Waals surface area contributed by atoms with Crippen LogP contribution in [-0.2, 0) is 0 Å². The minimum absolute atomic E-state index is 0.608. The molecular weight excluding hydrogens is 188 g/mol. The van der Waals surface area contributed by atoms with Gasteiger partial charge in [-0.15, -0.1) is 0 Å². The van der Waals surface area contributed by atoms with Crippen molar-refractivity contribution in [3.05, 3.63) is 30.1 Å². The van der Waals surface area contributed by atoms with Crippen molar-refractivity contribution in [2.75, 3.05) is 0 Å². The molecule has 3 heteroatoms. The third-order valence-electron chi connectivity index (χ3n) is 1.56. The topological polar surface area (TPSA) is 45.8 Å². The standard InChI is InChI=1S/C8H6N2O.2C2H6/c11-5-6-3-7-1-2-9-8(7)10-4-6;2*1-2/h1-5H,(H,9,10);2*1-2H3. The molecule has 0 unspecified atom stereocenters. The highest BCUT2D eigenvalue weighted by Crippen LogP contribution is 2.09. The lowest BCUT2D eigenvalue weighted by Gasteiger charge is -1.88. The van der Waals surface area contributed by atoms with Crippen molar-refractivity contribution in [3.63, 3.8) is 0 Å². The maximum atomic E-state index is 10.3. The molecular formula is C12H18N2O. The summed E-state index contributed by atoms with van der Waals surface area (Å²) in [6.07, 6.45) is 4.14. The predicted octanol–water partition coefficient (Wildman–Crippen LogP) is 3.43. The molecule has 2 aromatic heterocycles. The number of hydrogen-bond donors (Lipinski definition) is 1. The molecule has 0 atom stereocenters. The van der Waals surface area contributed by atoms with E-state index in [0.29, 0.717) is 5.56 Å². The molecule has 82 valence electrons. The number of aldehydes is 1. The smallest absolute Gasteiger partial charge is 0.151 e. The van der Waals surface area contributed by atoms with Crippen molar-refractivity contribution in [2.24, 2.45) is 0 Å². The number of pyridine rings is 1. The van der Waals surface area contributed by atoms with Gasteiger partial charge < -0.3 is 4.98 Å². The molecule has 0 aliphatic rings. The summed E-state index contributed by atoms with van der Waals surface area (Å²) < 4.78 is 0. The number of hydrogen-bond acceptors (Lipinski definition) is 2. The van der Waals surface area contributed by atoms with Crippen LogP contribution in [0.5, 0.6) is 0 Å². The summed E-state index contributed by atoms with van der Waals surface area (Å²) in [5.74, 6) is 0. The number of nitrogens with zero attached hydrogens (tertiary/aromatic N) is 1. The zero-order chi connectivity index (χ0) is 11.7. The Labute approximate surface area is 90.5 Å². The fourth-order valence-electron chi connectivity index (χ4n) is 1.02. The number of fused-ring (bicyclic) bond motifs is 1. The van der Waals surface area contributed by atoms with Gasteiger partial charge in [-0.25, -0.2) is 4.98 Å². The van der Waals surface area contributed by atoms with Crippen LogP contribution in [0.1, 0.15) is 38.1 Å². The summed E-state index contributed by atoms with van der Waals surface area (Å²) in [6, 6.07) is 3.68. The second kappa shape index (κ2) is 7.74. The highest BCUT2D eigenvalue weighted by Gasteiger charge is 1.95. The van der Waals surface area contributed by atoms with Crippen LogP contribution in [0.3, 0.4) is 0 Å². The molecule has 0 aliphatic carbocycles. The molecule has 15 heavy (non-hydrogen) atoms. The van der Waals surface area contributed by atoms with Gasteiger partial charge in [0.25, 0.3) is 0 Å². The van der Waals surface area contributed by atoms with Crippen LogP contribution < -0.4 is 0 Å². The molecule has 0 fully saturated rings. The Bertz CT molecular complexity index is 393.